The summed E-state index contributed by atoms with van der Waals surface area (Å²) in [6, 6.07) is 21.4. The number of aliphatic hydroxyl groups is 1. The minimum atomic E-state index is -3.81. The predicted molar refractivity (Wildman–Crippen MR) is 139 cm³/mol. The molecule has 0 spiro atoms. The van der Waals surface area contributed by atoms with Crippen molar-refractivity contribution >= 4 is 32.5 Å². The number of aromatic amines is 1. The van der Waals surface area contributed by atoms with Crippen molar-refractivity contribution in [2.24, 2.45) is 0 Å². The van der Waals surface area contributed by atoms with Crippen LogP contribution >= 0.6 is 0 Å². The molecule has 35 heavy (non-hydrogen) atoms. The third-order valence-corrected chi connectivity index (χ3v) is 7.17. The molecule has 4 N–H and O–H groups in total. The van der Waals surface area contributed by atoms with Gasteiger partial charge in [-0.3, -0.25) is 9.52 Å². The lowest BCUT2D eigenvalue weighted by atomic mass is 9.87. The lowest BCUT2D eigenvalue weighted by molar-refractivity contribution is 0.0941. The van der Waals surface area contributed by atoms with E-state index in [0.29, 0.717) is 27.8 Å². The summed E-state index contributed by atoms with van der Waals surface area (Å²) in [6.45, 7) is 6.17. The number of carbonyl (C=O) groups excluding carboxylic acids is 1. The second-order valence-electron chi connectivity index (χ2n) is 9.36. The highest BCUT2D eigenvalue weighted by molar-refractivity contribution is 7.92. The molecule has 4 aromatic rings. The van der Waals surface area contributed by atoms with Crippen LogP contribution < -0.4 is 10.0 Å². The van der Waals surface area contributed by atoms with E-state index in [1.165, 1.54) is 0 Å². The van der Waals surface area contributed by atoms with Crippen molar-refractivity contribution < 1.29 is 18.3 Å². The number of aliphatic hydroxyl groups excluding tert-OH is 1. The molecule has 3 aromatic carbocycles. The number of aromatic nitrogens is 1. The van der Waals surface area contributed by atoms with Gasteiger partial charge in [-0.1, -0.05) is 63.2 Å². The Balaban J connectivity index is 1.74. The normalized spacial score (nSPS) is 12.0. The Morgan fingerprint density at radius 1 is 0.971 bits per heavy atom. The Morgan fingerprint density at radius 2 is 1.66 bits per heavy atom. The Morgan fingerprint density at radius 3 is 2.29 bits per heavy atom. The average Bonchev–Trinajstić information content (AvgIpc) is 3.21. The van der Waals surface area contributed by atoms with E-state index in [4.69, 9.17) is 5.11 Å². The second kappa shape index (κ2) is 9.56. The number of carbonyl (C=O) groups is 1. The van der Waals surface area contributed by atoms with Crippen LogP contribution in [0.25, 0.3) is 22.0 Å². The molecule has 0 saturated heterocycles. The number of nitrogens with one attached hydrogen (secondary N) is 3. The van der Waals surface area contributed by atoms with E-state index >= 15 is 0 Å². The first kappa shape index (κ1) is 24.5. The lowest BCUT2D eigenvalue weighted by Gasteiger charge is -2.19. The molecule has 1 heterocycles. The van der Waals surface area contributed by atoms with Crippen molar-refractivity contribution in [1.82, 2.24) is 10.3 Å². The SMILES string of the molecule is CC(C)(C)c1ccc(S(=O)(=O)Nc2ccc3[nH]c(C(=O)NCCO)c(-c4ccccc4)c3c2)cc1. The number of hydrogen-bond acceptors (Lipinski definition) is 4. The molecule has 0 aliphatic rings. The third kappa shape index (κ3) is 5.23. The molecule has 1 amide bonds. The Labute approximate surface area is 205 Å². The van der Waals surface area contributed by atoms with Gasteiger partial charge in [0, 0.05) is 28.7 Å². The van der Waals surface area contributed by atoms with E-state index < -0.39 is 10.0 Å². The largest absolute Gasteiger partial charge is 0.395 e. The zero-order chi connectivity index (χ0) is 25.2. The van der Waals surface area contributed by atoms with E-state index in [1.807, 2.05) is 42.5 Å². The van der Waals surface area contributed by atoms with Gasteiger partial charge in [0.15, 0.2) is 0 Å². The van der Waals surface area contributed by atoms with Crippen LogP contribution in [0.1, 0.15) is 36.8 Å². The summed E-state index contributed by atoms with van der Waals surface area (Å²) in [5.74, 6) is -0.352. The minimum Gasteiger partial charge on any atom is -0.395 e. The first-order chi connectivity index (χ1) is 16.6. The van der Waals surface area contributed by atoms with Gasteiger partial charge >= 0.3 is 0 Å². The van der Waals surface area contributed by atoms with Gasteiger partial charge in [-0.2, -0.15) is 0 Å². The van der Waals surface area contributed by atoms with Crippen LogP contribution in [0.3, 0.4) is 0 Å². The van der Waals surface area contributed by atoms with Gasteiger partial charge < -0.3 is 15.4 Å². The molecule has 0 unspecified atom stereocenters. The number of fused-ring (bicyclic) bond motifs is 1. The van der Waals surface area contributed by atoms with Gasteiger partial charge in [-0.25, -0.2) is 8.42 Å². The predicted octanol–water partition coefficient (Wildman–Crippen LogP) is 4.66. The first-order valence-corrected chi connectivity index (χ1v) is 12.8. The quantitative estimate of drug-likeness (QED) is 0.301. The average molecular weight is 492 g/mol. The number of amides is 1. The summed E-state index contributed by atoms with van der Waals surface area (Å²) in [4.78, 5) is 16.1. The molecule has 8 heteroatoms. The molecule has 0 aliphatic heterocycles. The van der Waals surface area contributed by atoms with Crippen LogP contribution in [-0.4, -0.2) is 37.6 Å². The number of benzene rings is 3. The van der Waals surface area contributed by atoms with Crippen molar-refractivity contribution in [1.29, 1.82) is 0 Å². The highest BCUT2D eigenvalue weighted by Crippen LogP contribution is 2.34. The zero-order valence-corrected chi connectivity index (χ0v) is 20.7. The van der Waals surface area contributed by atoms with Gasteiger partial charge in [0.05, 0.1) is 11.5 Å². The van der Waals surface area contributed by atoms with E-state index in [1.54, 1.807) is 30.3 Å². The molecule has 4 rings (SSSR count). The number of sulfonamides is 1. The summed E-state index contributed by atoms with van der Waals surface area (Å²) in [5.41, 5.74) is 3.86. The molecule has 1 aromatic heterocycles. The fraction of sp³-hybridized carbons (Fsp3) is 0.222. The highest BCUT2D eigenvalue weighted by Gasteiger charge is 2.21. The van der Waals surface area contributed by atoms with Gasteiger partial charge in [-0.05, 0) is 46.9 Å². The molecule has 0 atom stereocenters. The Kier molecular flexibility index (Phi) is 6.69. The summed E-state index contributed by atoms with van der Waals surface area (Å²) in [6.07, 6.45) is 0. The van der Waals surface area contributed by atoms with Crippen LogP contribution in [0.4, 0.5) is 5.69 Å². The van der Waals surface area contributed by atoms with E-state index in [-0.39, 0.29) is 29.4 Å². The van der Waals surface area contributed by atoms with Crippen LogP contribution in [0.15, 0.2) is 77.7 Å². The molecule has 0 fully saturated rings. The van der Waals surface area contributed by atoms with Gasteiger partial charge in [0.25, 0.3) is 15.9 Å². The van der Waals surface area contributed by atoms with E-state index in [9.17, 15) is 13.2 Å². The van der Waals surface area contributed by atoms with Gasteiger partial charge in [0.1, 0.15) is 5.69 Å². The fourth-order valence-electron chi connectivity index (χ4n) is 3.94. The maximum Gasteiger partial charge on any atom is 0.268 e. The molecule has 0 saturated carbocycles. The molecular weight excluding hydrogens is 462 g/mol. The Hall–Kier alpha value is -3.62. The molecule has 0 aliphatic carbocycles. The van der Waals surface area contributed by atoms with Crippen molar-refractivity contribution in [3.63, 3.8) is 0 Å². The smallest absolute Gasteiger partial charge is 0.268 e. The van der Waals surface area contributed by atoms with Gasteiger partial charge in [0.2, 0.25) is 0 Å². The van der Waals surface area contributed by atoms with Crippen molar-refractivity contribution in [3.8, 4) is 11.1 Å². The van der Waals surface area contributed by atoms with E-state index in [2.05, 4.69) is 35.8 Å². The summed E-state index contributed by atoms with van der Waals surface area (Å²) in [7, 11) is -3.81. The standard InChI is InChI=1S/C27H29N3O4S/c1-27(2,3)19-9-12-21(13-10-19)35(33,34)30-20-11-14-23-22(17-20)24(18-7-5-4-6-8-18)25(29-23)26(32)28-15-16-31/h4-14,17,29-31H,15-16H2,1-3H3,(H,28,32). The topological polar surface area (TPSA) is 111 Å². The van der Waals surface area contributed by atoms with Crippen molar-refractivity contribution in [2.75, 3.05) is 17.9 Å². The second-order valence-corrected chi connectivity index (χ2v) is 11.0. The third-order valence-electron chi connectivity index (χ3n) is 5.77. The van der Waals surface area contributed by atoms with Crippen LogP contribution in [-0.2, 0) is 15.4 Å². The van der Waals surface area contributed by atoms with Crippen LogP contribution in [0.5, 0.6) is 0 Å². The zero-order valence-electron chi connectivity index (χ0n) is 19.9. The molecule has 182 valence electrons. The van der Waals surface area contributed by atoms with E-state index in [0.717, 1.165) is 11.1 Å². The first-order valence-electron chi connectivity index (χ1n) is 11.3. The summed E-state index contributed by atoms with van der Waals surface area (Å²) >= 11 is 0. The minimum absolute atomic E-state index is 0.0793. The number of hydrogen-bond donors (Lipinski definition) is 4. The molecule has 7 nitrogen and oxygen atoms in total. The van der Waals surface area contributed by atoms with Crippen molar-refractivity contribution in [2.45, 2.75) is 31.1 Å². The highest BCUT2D eigenvalue weighted by atomic mass is 32.2. The Bertz CT molecular complexity index is 1450. The molecular formula is C27H29N3O4S. The number of H-pyrrole nitrogens is 1. The fourth-order valence-corrected chi connectivity index (χ4v) is 4.99. The maximum atomic E-state index is 13.1. The summed E-state index contributed by atoms with van der Waals surface area (Å²) in [5, 5.41) is 12.5. The maximum absolute atomic E-state index is 13.1. The number of rotatable bonds is 7. The van der Waals surface area contributed by atoms with Gasteiger partial charge in [-0.15, -0.1) is 0 Å². The van der Waals surface area contributed by atoms with Crippen molar-refractivity contribution in [3.05, 3.63) is 84.1 Å². The summed E-state index contributed by atoms with van der Waals surface area (Å²) < 4.78 is 28.8. The lowest BCUT2D eigenvalue weighted by Crippen LogP contribution is -2.27. The number of anilines is 1. The monoisotopic (exact) mass is 491 g/mol. The van der Waals surface area contributed by atoms with Crippen LogP contribution in [0.2, 0.25) is 0 Å². The molecule has 0 bridgehead atoms. The molecule has 0 radical (unpaired) electrons. The van der Waals surface area contributed by atoms with Crippen LogP contribution in [0, 0.1) is 0 Å².